The van der Waals surface area contributed by atoms with Crippen LogP contribution in [-0.4, -0.2) is 24.8 Å². The average molecular weight is 236 g/mol. The van der Waals surface area contributed by atoms with Crippen LogP contribution in [0, 0.1) is 5.92 Å². The lowest BCUT2D eigenvalue weighted by Gasteiger charge is -2.22. The molecule has 3 nitrogen and oxygen atoms in total. The molecule has 0 amide bonds. The van der Waals surface area contributed by atoms with Gasteiger partial charge in [-0.05, 0) is 13.3 Å². The van der Waals surface area contributed by atoms with E-state index < -0.39 is 23.6 Å². The van der Waals surface area contributed by atoms with Gasteiger partial charge in [0.2, 0.25) is 0 Å². The van der Waals surface area contributed by atoms with Crippen molar-refractivity contribution >= 4 is 11.8 Å². The van der Waals surface area contributed by atoms with Gasteiger partial charge in [-0.15, -0.1) is 0 Å². The Bertz CT molecular complexity index is 252. The van der Waals surface area contributed by atoms with Crippen molar-refractivity contribution in [3.05, 3.63) is 0 Å². The highest BCUT2D eigenvalue weighted by atomic mass is 19.3. The molecule has 0 heterocycles. The van der Waals surface area contributed by atoms with E-state index >= 15 is 0 Å². The number of Topliss-reactive ketones (excluding diaryl/α,β-unsaturated/α-hetero) is 1. The van der Waals surface area contributed by atoms with E-state index in [2.05, 4.69) is 4.74 Å². The highest BCUT2D eigenvalue weighted by Gasteiger charge is 2.50. The highest BCUT2D eigenvalue weighted by molar-refractivity contribution is 5.88. The molecule has 0 saturated heterocycles. The minimum atomic E-state index is -3.71. The van der Waals surface area contributed by atoms with Gasteiger partial charge in [-0.1, -0.05) is 26.2 Å². The number of halogens is 2. The molecule has 0 spiro atoms. The van der Waals surface area contributed by atoms with Gasteiger partial charge in [0.15, 0.2) is 0 Å². The third-order valence-electron chi connectivity index (χ3n) is 2.48. The second-order valence-corrected chi connectivity index (χ2v) is 3.77. The number of carbonyl (C=O) groups is 2. The van der Waals surface area contributed by atoms with E-state index in [9.17, 15) is 18.4 Å². The van der Waals surface area contributed by atoms with E-state index in [0.717, 1.165) is 26.9 Å². The zero-order valence-corrected chi connectivity index (χ0v) is 9.89. The van der Waals surface area contributed by atoms with Crippen LogP contribution in [0.1, 0.15) is 39.5 Å². The van der Waals surface area contributed by atoms with Crippen LogP contribution in [0.2, 0.25) is 0 Å². The van der Waals surface area contributed by atoms with Crippen molar-refractivity contribution in [1.82, 2.24) is 0 Å². The molecule has 0 aliphatic heterocycles. The molecule has 0 fully saturated rings. The Balaban J connectivity index is 4.63. The molecule has 94 valence electrons. The molecule has 0 N–H and O–H groups in total. The summed E-state index contributed by atoms with van der Waals surface area (Å²) in [6.45, 7) is 3.01. The number of ketones is 1. The molecule has 0 aromatic rings. The van der Waals surface area contributed by atoms with E-state index in [1.807, 2.05) is 6.92 Å². The topological polar surface area (TPSA) is 43.4 Å². The molecular weight excluding hydrogens is 218 g/mol. The predicted molar refractivity (Wildman–Crippen MR) is 55.3 cm³/mol. The summed E-state index contributed by atoms with van der Waals surface area (Å²) in [5.41, 5.74) is 0. The number of methoxy groups -OCH3 is 1. The molecule has 0 aliphatic rings. The number of rotatable bonds is 7. The Hall–Kier alpha value is -1.00. The molecular formula is C11H18F2O3. The first kappa shape index (κ1) is 15.0. The molecule has 0 aromatic carbocycles. The van der Waals surface area contributed by atoms with E-state index in [4.69, 9.17) is 0 Å². The van der Waals surface area contributed by atoms with Gasteiger partial charge in [0.1, 0.15) is 5.78 Å². The Morgan fingerprint density at radius 2 is 1.88 bits per heavy atom. The van der Waals surface area contributed by atoms with E-state index in [0.29, 0.717) is 6.42 Å². The molecule has 1 atom stereocenters. The van der Waals surface area contributed by atoms with Crippen molar-refractivity contribution < 1.29 is 23.1 Å². The van der Waals surface area contributed by atoms with Crippen LogP contribution >= 0.6 is 0 Å². The molecule has 0 radical (unpaired) electrons. The van der Waals surface area contributed by atoms with Crippen molar-refractivity contribution in [3.63, 3.8) is 0 Å². The van der Waals surface area contributed by atoms with Crippen molar-refractivity contribution in [2.24, 2.45) is 5.92 Å². The number of ether oxygens (including phenoxy) is 1. The van der Waals surface area contributed by atoms with Crippen LogP contribution in [0.3, 0.4) is 0 Å². The maximum Gasteiger partial charge on any atom is 0.377 e. The number of carbonyl (C=O) groups excluding carboxylic acids is 2. The number of hydrogen-bond acceptors (Lipinski definition) is 3. The number of unbranched alkanes of at least 4 members (excludes halogenated alkanes) is 2. The first-order valence-electron chi connectivity index (χ1n) is 5.34. The zero-order chi connectivity index (χ0) is 12.8. The first-order valence-corrected chi connectivity index (χ1v) is 5.34. The van der Waals surface area contributed by atoms with Gasteiger partial charge < -0.3 is 4.74 Å². The minimum absolute atomic E-state index is 0.0191. The van der Waals surface area contributed by atoms with E-state index in [1.54, 1.807) is 0 Å². The van der Waals surface area contributed by atoms with Crippen molar-refractivity contribution in [2.75, 3.05) is 7.11 Å². The fourth-order valence-corrected chi connectivity index (χ4v) is 1.52. The molecule has 1 unspecified atom stereocenters. The minimum Gasteiger partial charge on any atom is -0.465 e. The van der Waals surface area contributed by atoms with Gasteiger partial charge in [0.25, 0.3) is 0 Å². The van der Waals surface area contributed by atoms with Crippen LogP contribution in [0.4, 0.5) is 8.78 Å². The summed E-state index contributed by atoms with van der Waals surface area (Å²) in [5.74, 6) is -7.59. The van der Waals surface area contributed by atoms with Gasteiger partial charge in [0.05, 0.1) is 13.0 Å². The van der Waals surface area contributed by atoms with Gasteiger partial charge in [0, 0.05) is 0 Å². The van der Waals surface area contributed by atoms with Crippen LogP contribution in [0.25, 0.3) is 0 Å². The molecule has 0 bridgehead atoms. The summed E-state index contributed by atoms with van der Waals surface area (Å²) in [6.07, 6.45) is 2.16. The van der Waals surface area contributed by atoms with Crippen LogP contribution < -0.4 is 0 Å². The Kier molecular flexibility index (Phi) is 6.14. The number of esters is 1. The van der Waals surface area contributed by atoms with Gasteiger partial charge >= 0.3 is 11.9 Å². The predicted octanol–water partition coefficient (Wildman–Crippen LogP) is 2.58. The van der Waals surface area contributed by atoms with E-state index in [-0.39, 0.29) is 6.42 Å². The second kappa shape index (κ2) is 6.55. The lowest BCUT2D eigenvalue weighted by Crippen LogP contribution is -2.41. The molecule has 0 aromatic heterocycles. The van der Waals surface area contributed by atoms with Crippen molar-refractivity contribution in [3.8, 4) is 0 Å². The van der Waals surface area contributed by atoms with E-state index in [1.165, 1.54) is 0 Å². The smallest absolute Gasteiger partial charge is 0.377 e. The van der Waals surface area contributed by atoms with Crippen LogP contribution in [-0.2, 0) is 14.3 Å². The standard InChI is InChI=1S/C11H18F2O3/c1-4-5-6-7-9(8(2)14)11(12,13)10(15)16-3/h9H,4-7H2,1-3H3. The van der Waals surface area contributed by atoms with Crippen LogP contribution in [0.15, 0.2) is 0 Å². The Morgan fingerprint density at radius 3 is 2.25 bits per heavy atom. The molecule has 0 rings (SSSR count). The summed E-state index contributed by atoms with van der Waals surface area (Å²) in [7, 11) is 0.888. The summed E-state index contributed by atoms with van der Waals surface area (Å²) in [5, 5.41) is 0. The number of alkyl halides is 2. The van der Waals surface area contributed by atoms with Gasteiger partial charge in [-0.3, -0.25) is 4.79 Å². The maximum absolute atomic E-state index is 13.5. The summed E-state index contributed by atoms with van der Waals surface area (Å²) >= 11 is 0. The summed E-state index contributed by atoms with van der Waals surface area (Å²) < 4.78 is 30.9. The largest absolute Gasteiger partial charge is 0.465 e. The molecule has 16 heavy (non-hydrogen) atoms. The highest BCUT2D eigenvalue weighted by Crippen LogP contribution is 2.31. The zero-order valence-electron chi connectivity index (χ0n) is 9.89. The fourth-order valence-electron chi connectivity index (χ4n) is 1.52. The Labute approximate surface area is 94.2 Å². The second-order valence-electron chi connectivity index (χ2n) is 3.77. The van der Waals surface area contributed by atoms with Gasteiger partial charge in [-0.25, -0.2) is 4.79 Å². The lowest BCUT2D eigenvalue weighted by atomic mass is 9.91. The maximum atomic E-state index is 13.5. The lowest BCUT2D eigenvalue weighted by molar-refractivity contribution is -0.179. The van der Waals surface area contributed by atoms with Crippen molar-refractivity contribution in [1.29, 1.82) is 0 Å². The number of hydrogen-bond donors (Lipinski definition) is 0. The molecule has 0 aliphatic carbocycles. The first-order chi connectivity index (χ1) is 7.37. The SMILES string of the molecule is CCCCCC(C(C)=O)C(F)(F)C(=O)OC. The molecule has 0 saturated carbocycles. The third-order valence-corrected chi connectivity index (χ3v) is 2.48. The monoisotopic (exact) mass is 236 g/mol. The Morgan fingerprint density at radius 1 is 1.31 bits per heavy atom. The summed E-state index contributed by atoms with van der Waals surface area (Å²) in [4.78, 5) is 22.0. The third kappa shape index (κ3) is 3.87. The van der Waals surface area contributed by atoms with Gasteiger partial charge in [-0.2, -0.15) is 8.78 Å². The summed E-state index contributed by atoms with van der Waals surface area (Å²) in [6, 6.07) is 0. The van der Waals surface area contributed by atoms with Crippen molar-refractivity contribution in [2.45, 2.75) is 45.5 Å². The normalized spacial score (nSPS) is 13.3. The molecule has 5 heteroatoms. The average Bonchev–Trinajstić information content (AvgIpc) is 2.22. The van der Waals surface area contributed by atoms with Crippen LogP contribution in [0.5, 0.6) is 0 Å². The quantitative estimate of drug-likeness (QED) is 0.504. The fraction of sp³-hybridized carbons (Fsp3) is 0.818.